The van der Waals surface area contributed by atoms with E-state index >= 15 is 0 Å². The molecule has 2 aromatic carbocycles. The van der Waals surface area contributed by atoms with E-state index in [2.05, 4.69) is 37.8 Å². The van der Waals surface area contributed by atoms with Crippen LogP contribution in [0, 0.1) is 29.4 Å². The summed E-state index contributed by atoms with van der Waals surface area (Å²) in [4.78, 5) is 28.2. The molecule has 1 aliphatic heterocycles. The number of nitrogens with zero attached hydrogens (tertiary/aromatic N) is 6. The fourth-order valence-electron chi connectivity index (χ4n) is 6.21. The highest BCUT2D eigenvalue weighted by Crippen LogP contribution is 2.31. The number of rotatable bonds is 12. The van der Waals surface area contributed by atoms with Gasteiger partial charge in [-0.2, -0.15) is 0 Å². The van der Waals surface area contributed by atoms with Crippen LogP contribution in [-0.2, 0) is 31.0 Å². The predicted molar refractivity (Wildman–Crippen MR) is 177 cm³/mol. The first kappa shape index (κ1) is 32.6. The number of piperidine rings is 1. The average molecular weight is 687 g/mol. The standard InChI is InChI=1S/C36H33ClF2N6O4/c1-2-44-21-40-17-24(44)18-45-34(41-32-9-8-31(42-35(32)45)27-5-6-28(27)36(46)47)19-43-13-11-25(12-14-43)49-26-4-7-29(38)22(15-26)20-48-33-10-3-23(37)16-30(33)39/h3-4,7-10,15-17,21,25,27-28H,2,11-14,18-20H2,1H3,(H,46,47). The number of likely N-dealkylation sites (tertiary alicyclic amines) is 1. The van der Waals surface area contributed by atoms with Gasteiger partial charge in [-0.3, -0.25) is 9.69 Å². The molecule has 4 heterocycles. The van der Waals surface area contributed by atoms with Crippen LogP contribution in [0.5, 0.6) is 11.5 Å². The molecule has 49 heavy (non-hydrogen) atoms. The molecule has 2 aliphatic rings. The number of pyridine rings is 1. The van der Waals surface area contributed by atoms with Crippen molar-refractivity contribution in [3.8, 4) is 23.3 Å². The van der Waals surface area contributed by atoms with Gasteiger partial charge >= 0.3 is 5.97 Å². The largest absolute Gasteiger partial charge is 0.490 e. The Bertz CT molecular complexity index is 2080. The van der Waals surface area contributed by atoms with E-state index in [1.807, 2.05) is 18.3 Å². The highest BCUT2D eigenvalue weighted by atomic mass is 35.5. The molecule has 5 aromatic rings. The summed E-state index contributed by atoms with van der Waals surface area (Å²) >= 11 is 5.81. The Morgan fingerprint density at radius 3 is 2.61 bits per heavy atom. The minimum Gasteiger partial charge on any atom is -0.490 e. The minimum atomic E-state index is -0.946. The number of fused-ring (bicyclic) bond motifs is 1. The Morgan fingerprint density at radius 2 is 1.88 bits per heavy atom. The van der Waals surface area contributed by atoms with Crippen molar-refractivity contribution in [2.24, 2.45) is 5.92 Å². The minimum absolute atomic E-state index is 0.0114. The molecule has 0 amide bonds. The predicted octanol–water partition coefficient (Wildman–Crippen LogP) is 6.05. The number of carboxylic acid groups (broad SMARTS) is 1. The number of aliphatic carboxylic acids is 1. The fourth-order valence-corrected chi connectivity index (χ4v) is 6.37. The maximum atomic E-state index is 14.6. The van der Waals surface area contributed by atoms with Crippen LogP contribution in [0.3, 0.4) is 0 Å². The lowest BCUT2D eigenvalue weighted by Crippen LogP contribution is -2.38. The monoisotopic (exact) mass is 686 g/mol. The highest BCUT2D eigenvalue weighted by Gasteiger charge is 2.34. The number of aromatic nitrogens is 5. The van der Waals surface area contributed by atoms with Crippen LogP contribution in [0.4, 0.5) is 8.78 Å². The average Bonchev–Trinajstić information content (AvgIpc) is 3.66. The van der Waals surface area contributed by atoms with E-state index in [1.54, 1.807) is 18.5 Å². The van der Waals surface area contributed by atoms with E-state index in [4.69, 9.17) is 31.0 Å². The van der Waals surface area contributed by atoms with Crippen LogP contribution in [0.15, 0.2) is 61.1 Å². The molecule has 252 valence electrons. The number of hydrogen-bond acceptors (Lipinski definition) is 7. The van der Waals surface area contributed by atoms with Gasteiger partial charge in [0.1, 0.15) is 41.5 Å². The van der Waals surface area contributed by atoms with Crippen molar-refractivity contribution in [2.75, 3.05) is 13.1 Å². The normalized spacial score (nSPS) is 17.8. The molecule has 10 nitrogen and oxygen atoms in total. The number of hydrogen-bond donors (Lipinski definition) is 1. The van der Waals surface area contributed by atoms with Gasteiger partial charge in [-0.1, -0.05) is 23.4 Å². The molecule has 3 aromatic heterocycles. The second-order valence-corrected chi connectivity index (χ2v) is 12.6. The second-order valence-electron chi connectivity index (χ2n) is 12.2. The smallest absolute Gasteiger partial charge is 0.320 e. The number of aryl methyl sites for hydroxylation is 1. The third kappa shape index (κ3) is 6.95. The van der Waals surface area contributed by atoms with Gasteiger partial charge < -0.3 is 23.7 Å². The van der Waals surface area contributed by atoms with E-state index in [1.165, 1.54) is 18.2 Å². The lowest BCUT2D eigenvalue weighted by Gasteiger charge is -2.32. The number of halogens is 3. The highest BCUT2D eigenvalue weighted by molar-refractivity contribution is 6.30. The molecule has 0 bridgehead atoms. The molecule has 0 saturated carbocycles. The molecule has 2 unspecified atom stereocenters. The molecule has 0 spiro atoms. The van der Waals surface area contributed by atoms with Gasteiger partial charge in [-0.05, 0) is 68.3 Å². The summed E-state index contributed by atoms with van der Waals surface area (Å²) in [5, 5.41) is 9.79. The zero-order valence-electron chi connectivity index (χ0n) is 26.7. The van der Waals surface area contributed by atoms with Crippen molar-refractivity contribution >= 4 is 28.7 Å². The van der Waals surface area contributed by atoms with Gasteiger partial charge in [0.05, 0.1) is 36.7 Å². The molecule has 13 heteroatoms. The molecular formula is C36H33ClF2N6O4. The lowest BCUT2D eigenvalue weighted by molar-refractivity contribution is -0.140. The van der Waals surface area contributed by atoms with Crippen LogP contribution < -0.4 is 9.47 Å². The maximum Gasteiger partial charge on any atom is 0.320 e. The van der Waals surface area contributed by atoms with Gasteiger partial charge in [0.2, 0.25) is 0 Å². The Hall–Kier alpha value is -4.99. The summed E-state index contributed by atoms with van der Waals surface area (Å²) in [6.07, 6.45) is 5.07. The van der Waals surface area contributed by atoms with Crippen molar-refractivity contribution < 1.29 is 28.2 Å². The Morgan fingerprint density at radius 1 is 1.04 bits per heavy atom. The summed E-state index contributed by atoms with van der Waals surface area (Å²) in [6, 6.07) is 12.3. The van der Waals surface area contributed by atoms with E-state index in [0.29, 0.717) is 30.2 Å². The zero-order valence-corrected chi connectivity index (χ0v) is 27.4. The molecule has 0 radical (unpaired) electrons. The lowest BCUT2D eigenvalue weighted by atomic mass is 9.83. The fraction of sp³-hybridized carbons (Fsp3) is 0.333. The van der Waals surface area contributed by atoms with Crippen LogP contribution in [-0.4, -0.2) is 59.3 Å². The third-order valence-electron chi connectivity index (χ3n) is 8.96. The summed E-state index contributed by atoms with van der Waals surface area (Å²) in [5.41, 5.74) is 3.31. The molecular weight excluding hydrogens is 654 g/mol. The number of benzene rings is 2. The van der Waals surface area contributed by atoms with Crippen LogP contribution in [0.25, 0.3) is 11.2 Å². The van der Waals surface area contributed by atoms with Crippen LogP contribution in [0.1, 0.15) is 48.5 Å². The molecule has 1 saturated heterocycles. The quantitative estimate of drug-likeness (QED) is 0.158. The molecule has 1 N–H and O–H groups in total. The van der Waals surface area contributed by atoms with Crippen molar-refractivity contribution in [1.82, 2.24) is 29.0 Å². The zero-order chi connectivity index (χ0) is 34.1. The van der Waals surface area contributed by atoms with Crippen LogP contribution in [0.2, 0.25) is 5.02 Å². The Kier molecular flexibility index (Phi) is 9.21. The third-order valence-corrected chi connectivity index (χ3v) is 9.20. The summed E-state index contributed by atoms with van der Waals surface area (Å²) in [7, 11) is 0. The Balaban J connectivity index is 1.03. The van der Waals surface area contributed by atoms with E-state index in [-0.39, 0.29) is 29.0 Å². The summed E-state index contributed by atoms with van der Waals surface area (Å²) in [6.45, 7) is 5.27. The van der Waals surface area contributed by atoms with Crippen molar-refractivity contribution in [2.45, 2.75) is 58.0 Å². The SMILES string of the molecule is CCn1cncc1Cn1c(CN2CCC(Oc3ccc(F)c(COc4ccc(Cl)cc4F)c3)CC2)nc2ccc(C3C#CC3C(=O)O)nc21. The second kappa shape index (κ2) is 13.9. The summed E-state index contributed by atoms with van der Waals surface area (Å²) < 4.78 is 44.6. The topological polar surface area (TPSA) is 108 Å². The first-order valence-electron chi connectivity index (χ1n) is 16.1. The first-order chi connectivity index (χ1) is 23.7. The van der Waals surface area contributed by atoms with Crippen LogP contribution >= 0.6 is 11.6 Å². The molecule has 1 fully saturated rings. The van der Waals surface area contributed by atoms with Crippen molar-refractivity contribution in [1.29, 1.82) is 0 Å². The van der Waals surface area contributed by atoms with E-state index in [9.17, 15) is 18.7 Å². The van der Waals surface area contributed by atoms with Gasteiger partial charge in [0, 0.05) is 36.4 Å². The number of carboxylic acids is 1. The van der Waals surface area contributed by atoms with Crippen molar-refractivity contribution in [3.05, 3.63) is 100 Å². The molecule has 1 aliphatic carbocycles. The molecule has 7 rings (SSSR count). The van der Waals surface area contributed by atoms with Gasteiger partial charge in [0.15, 0.2) is 17.2 Å². The van der Waals surface area contributed by atoms with Gasteiger partial charge in [-0.25, -0.2) is 23.7 Å². The summed E-state index contributed by atoms with van der Waals surface area (Å²) in [5.74, 6) is 3.79. The van der Waals surface area contributed by atoms with E-state index < -0.39 is 29.4 Å². The number of ether oxygens (including phenoxy) is 2. The maximum absolute atomic E-state index is 14.6. The number of carbonyl (C=O) groups is 1. The van der Waals surface area contributed by atoms with Crippen molar-refractivity contribution in [3.63, 3.8) is 0 Å². The first-order valence-corrected chi connectivity index (χ1v) is 16.5. The van der Waals surface area contributed by atoms with Gasteiger partial charge in [0.25, 0.3) is 0 Å². The Labute approximate surface area is 286 Å². The van der Waals surface area contributed by atoms with E-state index in [0.717, 1.165) is 55.6 Å². The molecule has 2 atom stereocenters. The van der Waals surface area contributed by atoms with Gasteiger partial charge in [-0.15, -0.1) is 0 Å². The number of imidazole rings is 2.